The van der Waals surface area contributed by atoms with Gasteiger partial charge in [0.25, 0.3) is 5.91 Å². The summed E-state index contributed by atoms with van der Waals surface area (Å²) >= 11 is 5.77. The van der Waals surface area contributed by atoms with E-state index in [-0.39, 0.29) is 12.5 Å². The largest absolute Gasteiger partial charge is 0.483 e. The van der Waals surface area contributed by atoms with Crippen molar-refractivity contribution in [3.63, 3.8) is 0 Å². The van der Waals surface area contributed by atoms with Gasteiger partial charge in [0.2, 0.25) is 0 Å². The van der Waals surface area contributed by atoms with E-state index in [0.29, 0.717) is 16.5 Å². The molecule has 7 heteroatoms. The van der Waals surface area contributed by atoms with Crippen molar-refractivity contribution in [2.24, 2.45) is 0 Å². The molecule has 0 heterocycles. The Bertz CT molecular complexity index is 733. The molecule has 2 rings (SSSR count). The molecule has 0 aromatic heterocycles. The van der Waals surface area contributed by atoms with E-state index in [9.17, 15) is 9.59 Å². The number of nitrogens with one attached hydrogen (secondary N) is 3. The molecule has 0 radical (unpaired) electrons. The van der Waals surface area contributed by atoms with E-state index in [4.69, 9.17) is 16.3 Å². The van der Waals surface area contributed by atoms with Crippen LogP contribution < -0.4 is 20.9 Å². The Balaban J connectivity index is 1.77. The molecule has 0 atom stereocenters. The lowest BCUT2D eigenvalue weighted by Crippen LogP contribution is -2.45. The van der Waals surface area contributed by atoms with Gasteiger partial charge in [-0.15, -0.1) is 0 Å². The van der Waals surface area contributed by atoms with Gasteiger partial charge in [0, 0.05) is 10.7 Å². The number of hydrogen-bond donors (Lipinski definition) is 3. The molecule has 2 aromatic carbocycles. The van der Waals surface area contributed by atoms with Crippen LogP contribution in [0.15, 0.2) is 48.5 Å². The average molecular weight is 362 g/mol. The Hall–Kier alpha value is -2.73. The fourth-order valence-electron chi connectivity index (χ4n) is 2.09. The van der Waals surface area contributed by atoms with Gasteiger partial charge in [-0.1, -0.05) is 43.6 Å². The lowest BCUT2D eigenvalue weighted by molar-refractivity contribution is -0.123. The van der Waals surface area contributed by atoms with Crippen LogP contribution in [-0.2, 0) is 4.79 Å². The third-order valence-electron chi connectivity index (χ3n) is 3.32. The molecular formula is C18H20ClN3O3. The van der Waals surface area contributed by atoms with Crippen molar-refractivity contribution in [3.05, 3.63) is 59.1 Å². The van der Waals surface area contributed by atoms with Crippen molar-refractivity contribution in [2.75, 3.05) is 11.9 Å². The fourth-order valence-corrected chi connectivity index (χ4v) is 2.22. The third-order valence-corrected chi connectivity index (χ3v) is 3.57. The van der Waals surface area contributed by atoms with Crippen LogP contribution in [0.2, 0.25) is 5.02 Å². The van der Waals surface area contributed by atoms with Crippen LogP contribution in [-0.4, -0.2) is 18.5 Å². The lowest BCUT2D eigenvalue weighted by Gasteiger charge is -2.14. The number of carbonyl (C=O) groups excluding carboxylic acids is 2. The zero-order valence-corrected chi connectivity index (χ0v) is 14.8. The minimum Gasteiger partial charge on any atom is -0.483 e. The highest BCUT2D eigenvalue weighted by Crippen LogP contribution is 2.25. The van der Waals surface area contributed by atoms with Gasteiger partial charge >= 0.3 is 6.03 Å². The van der Waals surface area contributed by atoms with Crippen molar-refractivity contribution in [1.82, 2.24) is 10.9 Å². The Morgan fingerprint density at radius 3 is 2.40 bits per heavy atom. The molecule has 0 aliphatic rings. The average Bonchev–Trinajstić information content (AvgIpc) is 2.60. The second-order valence-corrected chi connectivity index (χ2v) is 6.05. The van der Waals surface area contributed by atoms with Gasteiger partial charge in [0.15, 0.2) is 6.61 Å². The van der Waals surface area contributed by atoms with E-state index in [0.717, 1.165) is 5.56 Å². The number of urea groups is 1. The van der Waals surface area contributed by atoms with Gasteiger partial charge in [0.05, 0.1) is 0 Å². The van der Waals surface area contributed by atoms with Crippen molar-refractivity contribution in [3.8, 4) is 5.75 Å². The molecule has 25 heavy (non-hydrogen) atoms. The quantitative estimate of drug-likeness (QED) is 0.710. The Morgan fingerprint density at radius 1 is 1.04 bits per heavy atom. The minimum atomic E-state index is -0.571. The molecule has 0 fully saturated rings. The molecule has 0 unspecified atom stereocenters. The molecule has 2 aromatic rings. The zero-order valence-electron chi connectivity index (χ0n) is 14.0. The van der Waals surface area contributed by atoms with E-state index < -0.39 is 11.9 Å². The van der Waals surface area contributed by atoms with Gasteiger partial charge in [-0.3, -0.25) is 10.2 Å². The molecule has 0 saturated heterocycles. The number of hydrogen-bond acceptors (Lipinski definition) is 3. The maximum atomic E-state index is 11.8. The Morgan fingerprint density at radius 2 is 1.72 bits per heavy atom. The number of rotatable bonds is 5. The fraction of sp³-hybridized carbons (Fsp3) is 0.222. The van der Waals surface area contributed by atoms with Crippen LogP contribution in [0.5, 0.6) is 5.75 Å². The number of amides is 3. The maximum Gasteiger partial charge on any atom is 0.337 e. The third kappa shape index (κ3) is 6.00. The molecule has 0 bridgehead atoms. The SMILES string of the molecule is CC(C)c1ccccc1OCC(=O)NNC(=O)Nc1ccc(Cl)cc1. The van der Waals surface area contributed by atoms with E-state index >= 15 is 0 Å². The van der Waals surface area contributed by atoms with E-state index in [1.54, 1.807) is 24.3 Å². The zero-order chi connectivity index (χ0) is 18.2. The Kier molecular flexibility index (Phi) is 6.65. The molecule has 0 aliphatic carbocycles. The summed E-state index contributed by atoms with van der Waals surface area (Å²) in [5.74, 6) is 0.464. The summed E-state index contributed by atoms with van der Waals surface area (Å²) in [4.78, 5) is 23.5. The predicted octanol–water partition coefficient (Wildman–Crippen LogP) is 3.70. The highest BCUT2D eigenvalue weighted by atomic mass is 35.5. The van der Waals surface area contributed by atoms with Crippen molar-refractivity contribution in [1.29, 1.82) is 0 Å². The number of halogens is 1. The summed E-state index contributed by atoms with van der Waals surface area (Å²) in [6.07, 6.45) is 0. The first-order valence-corrected chi connectivity index (χ1v) is 8.16. The summed E-state index contributed by atoms with van der Waals surface area (Å²) in [6, 6.07) is 13.6. The van der Waals surface area contributed by atoms with E-state index in [1.807, 2.05) is 38.1 Å². The first kappa shape index (κ1) is 18.6. The minimum absolute atomic E-state index is 0.203. The normalized spacial score (nSPS) is 10.2. The monoisotopic (exact) mass is 361 g/mol. The molecule has 6 nitrogen and oxygen atoms in total. The number of hydrazine groups is 1. The molecule has 0 aliphatic heterocycles. The maximum absolute atomic E-state index is 11.8. The van der Waals surface area contributed by atoms with E-state index in [1.165, 1.54) is 0 Å². The lowest BCUT2D eigenvalue weighted by atomic mass is 10.0. The second kappa shape index (κ2) is 8.94. The summed E-state index contributed by atoms with van der Waals surface area (Å²) in [5, 5.41) is 3.13. The van der Waals surface area contributed by atoms with Gasteiger partial charge in [-0.05, 0) is 41.8 Å². The number of ether oxygens (including phenoxy) is 1. The predicted molar refractivity (Wildman–Crippen MR) is 97.8 cm³/mol. The molecule has 0 spiro atoms. The summed E-state index contributed by atoms with van der Waals surface area (Å²) in [7, 11) is 0. The number of anilines is 1. The topological polar surface area (TPSA) is 79.5 Å². The number of carbonyl (C=O) groups is 2. The molecule has 0 saturated carbocycles. The highest BCUT2D eigenvalue weighted by Gasteiger charge is 2.10. The standard InChI is InChI=1S/C18H20ClN3O3/c1-12(2)15-5-3-4-6-16(15)25-11-17(23)21-22-18(24)20-14-9-7-13(19)8-10-14/h3-10,12H,11H2,1-2H3,(H,21,23)(H2,20,22,24). The first-order chi connectivity index (χ1) is 12.0. The number of para-hydroxylation sites is 1. The van der Waals surface area contributed by atoms with Crippen molar-refractivity contribution >= 4 is 29.2 Å². The van der Waals surface area contributed by atoms with Crippen LogP contribution in [0.4, 0.5) is 10.5 Å². The summed E-state index contributed by atoms with van der Waals surface area (Å²) in [6.45, 7) is 3.89. The van der Waals surface area contributed by atoms with Crippen molar-refractivity contribution < 1.29 is 14.3 Å². The molecule has 3 N–H and O–H groups in total. The van der Waals surface area contributed by atoms with Crippen molar-refractivity contribution in [2.45, 2.75) is 19.8 Å². The summed E-state index contributed by atoms with van der Waals surface area (Å²) < 4.78 is 5.53. The molecule has 3 amide bonds. The van der Waals surface area contributed by atoms with Gasteiger partial charge in [0.1, 0.15) is 5.75 Å². The first-order valence-electron chi connectivity index (χ1n) is 7.79. The van der Waals surface area contributed by atoms with Crippen LogP contribution in [0.25, 0.3) is 0 Å². The van der Waals surface area contributed by atoms with Crippen LogP contribution in [0, 0.1) is 0 Å². The smallest absolute Gasteiger partial charge is 0.337 e. The highest BCUT2D eigenvalue weighted by molar-refractivity contribution is 6.30. The van der Waals surface area contributed by atoms with Crippen LogP contribution >= 0.6 is 11.6 Å². The Labute approximate surface area is 151 Å². The number of benzene rings is 2. The van der Waals surface area contributed by atoms with Gasteiger partial charge < -0.3 is 10.1 Å². The molecular weight excluding hydrogens is 342 g/mol. The van der Waals surface area contributed by atoms with Gasteiger partial charge in [-0.25, -0.2) is 10.2 Å². The van der Waals surface area contributed by atoms with Crippen LogP contribution in [0.1, 0.15) is 25.3 Å². The van der Waals surface area contributed by atoms with Crippen LogP contribution in [0.3, 0.4) is 0 Å². The van der Waals surface area contributed by atoms with E-state index in [2.05, 4.69) is 16.2 Å². The molecule has 132 valence electrons. The summed E-state index contributed by atoms with van der Waals surface area (Å²) in [5.41, 5.74) is 6.11. The van der Waals surface area contributed by atoms with Gasteiger partial charge in [-0.2, -0.15) is 0 Å². The second-order valence-electron chi connectivity index (χ2n) is 5.62.